The van der Waals surface area contributed by atoms with E-state index in [4.69, 9.17) is 0 Å². The fraction of sp³-hybridized carbons (Fsp3) is 0.600. The van der Waals surface area contributed by atoms with E-state index in [1.165, 1.54) is 0 Å². The van der Waals surface area contributed by atoms with Crippen LogP contribution in [0.15, 0.2) is 6.07 Å². The van der Waals surface area contributed by atoms with Gasteiger partial charge >= 0.3 is 5.97 Å². The number of likely N-dealkylation sites (tertiary alicyclic amines) is 1. The predicted octanol–water partition coefficient (Wildman–Crippen LogP) is 2.30. The summed E-state index contributed by atoms with van der Waals surface area (Å²) in [6.45, 7) is 8.77. The van der Waals surface area contributed by atoms with Gasteiger partial charge < -0.3 is 15.5 Å². The minimum Gasteiger partial charge on any atom is -0.507 e. The van der Waals surface area contributed by atoms with E-state index in [-0.39, 0.29) is 29.7 Å². The lowest BCUT2D eigenvalue weighted by molar-refractivity contribution is -0.142. The molecule has 0 aromatic heterocycles. The average Bonchev–Trinajstić information content (AvgIpc) is 3.09. The largest absolute Gasteiger partial charge is 0.507 e. The number of fused-ring (bicyclic) bond motifs is 1. The van der Waals surface area contributed by atoms with Crippen molar-refractivity contribution in [3.63, 3.8) is 0 Å². The molecule has 1 aliphatic carbocycles. The van der Waals surface area contributed by atoms with Crippen LogP contribution >= 0.6 is 0 Å². The second-order valence-corrected chi connectivity index (χ2v) is 8.38. The Balaban J connectivity index is 1.82. The van der Waals surface area contributed by atoms with Gasteiger partial charge in [0.15, 0.2) is 0 Å². The van der Waals surface area contributed by atoms with E-state index in [2.05, 4.69) is 19.2 Å². The molecule has 6 heteroatoms. The molecule has 1 aliphatic heterocycles. The fourth-order valence-electron chi connectivity index (χ4n) is 4.50. The van der Waals surface area contributed by atoms with E-state index >= 15 is 0 Å². The lowest BCUT2D eigenvalue weighted by Crippen LogP contribution is -2.45. The molecule has 1 heterocycles. The van der Waals surface area contributed by atoms with E-state index in [0.29, 0.717) is 13.0 Å². The second-order valence-electron chi connectivity index (χ2n) is 8.38. The molecule has 1 amide bonds. The van der Waals surface area contributed by atoms with Crippen molar-refractivity contribution >= 4 is 11.9 Å². The Labute approximate surface area is 154 Å². The zero-order valence-corrected chi connectivity index (χ0v) is 15.9. The number of carboxylic acids is 1. The van der Waals surface area contributed by atoms with Crippen molar-refractivity contribution in [2.45, 2.75) is 59.0 Å². The summed E-state index contributed by atoms with van der Waals surface area (Å²) in [5.41, 5.74) is 3.64. The van der Waals surface area contributed by atoms with Crippen molar-refractivity contribution in [2.75, 3.05) is 13.1 Å². The maximum atomic E-state index is 12.7. The molecule has 0 spiro atoms. The van der Waals surface area contributed by atoms with Crippen LogP contribution < -0.4 is 5.32 Å². The number of carboxylic acid groups (broad SMARTS) is 1. The molecule has 1 aromatic rings. The number of nitrogens with zero attached hydrogens (tertiary/aromatic N) is 1. The minimum atomic E-state index is -0.870. The summed E-state index contributed by atoms with van der Waals surface area (Å²) in [6, 6.07) is 1.12. The highest BCUT2D eigenvalue weighted by Gasteiger charge is 2.43. The third-order valence-electron chi connectivity index (χ3n) is 5.87. The third-order valence-corrected chi connectivity index (χ3v) is 5.87. The molecule has 2 unspecified atom stereocenters. The summed E-state index contributed by atoms with van der Waals surface area (Å²) in [5, 5.41) is 23.0. The molecule has 1 aromatic carbocycles. The number of amides is 1. The number of aromatic hydroxyl groups is 1. The molecule has 3 N–H and O–H groups in total. The molecule has 2 aliphatic rings. The monoisotopic (exact) mass is 360 g/mol. The van der Waals surface area contributed by atoms with Crippen LogP contribution in [-0.4, -0.2) is 46.1 Å². The molecule has 1 fully saturated rings. The maximum Gasteiger partial charge on any atom is 0.320 e. The van der Waals surface area contributed by atoms with Gasteiger partial charge in [-0.3, -0.25) is 14.5 Å². The molecular formula is C20H28N2O4. The van der Waals surface area contributed by atoms with Crippen molar-refractivity contribution in [1.82, 2.24) is 10.2 Å². The van der Waals surface area contributed by atoms with Crippen molar-refractivity contribution in [3.05, 3.63) is 28.3 Å². The van der Waals surface area contributed by atoms with Crippen LogP contribution in [0.5, 0.6) is 5.75 Å². The van der Waals surface area contributed by atoms with Gasteiger partial charge in [-0.25, -0.2) is 0 Å². The minimum absolute atomic E-state index is 0.0738. The molecule has 2 atom stereocenters. The summed E-state index contributed by atoms with van der Waals surface area (Å²) >= 11 is 0. The lowest BCUT2D eigenvalue weighted by atomic mass is 9.85. The van der Waals surface area contributed by atoms with Crippen LogP contribution in [0.25, 0.3) is 0 Å². The van der Waals surface area contributed by atoms with Gasteiger partial charge in [0.2, 0.25) is 5.91 Å². The Morgan fingerprint density at radius 2 is 2.00 bits per heavy atom. The van der Waals surface area contributed by atoms with Gasteiger partial charge in [0.1, 0.15) is 11.8 Å². The van der Waals surface area contributed by atoms with Crippen molar-refractivity contribution < 1.29 is 19.8 Å². The normalized spacial score (nSPS) is 24.5. The van der Waals surface area contributed by atoms with Crippen LogP contribution in [-0.2, 0) is 16.0 Å². The van der Waals surface area contributed by atoms with Gasteiger partial charge in [-0.05, 0) is 61.8 Å². The topological polar surface area (TPSA) is 89.9 Å². The molecule has 1 saturated heterocycles. The molecule has 26 heavy (non-hydrogen) atoms. The number of carbonyl (C=O) groups is 2. The van der Waals surface area contributed by atoms with Crippen molar-refractivity contribution in [3.8, 4) is 5.75 Å². The van der Waals surface area contributed by atoms with Gasteiger partial charge in [0, 0.05) is 5.56 Å². The molecule has 6 nitrogen and oxygen atoms in total. The number of aliphatic carboxylic acids is 1. The highest BCUT2D eigenvalue weighted by atomic mass is 16.4. The SMILES string of the molecule is Cc1cc(C)c2c(c1O)C(NC(=O)CN1CCCC1C(=O)O)C(C)(C)C2. The highest BCUT2D eigenvalue weighted by molar-refractivity contribution is 5.81. The van der Waals surface area contributed by atoms with Crippen LogP contribution in [0.4, 0.5) is 0 Å². The first kappa shape index (κ1) is 18.7. The number of hydrogen-bond acceptors (Lipinski definition) is 4. The van der Waals surface area contributed by atoms with Crippen LogP contribution in [0.1, 0.15) is 55.0 Å². The standard InChI is InChI=1S/C20H28N2O4/c1-11-8-12(2)17(24)16-13(11)9-20(3,4)18(16)21-15(23)10-22-7-5-6-14(22)19(25)26/h8,14,18,24H,5-7,9-10H2,1-4H3,(H,21,23)(H,25,26). The molecule has 3 rings (SSSR count). The van der Waals surface area contributed by atoms with E-state index in [1.54, 1.807) is 4.90 Å². The van der Waals surface area contributed by atoms with Gasteiger partial charge in [-0.15, -0.1) is 0 Å². The van der Waals surface area contributed by atoms with E-state index < -0.39 is 12.0 Å². The summed E-state index contributed by atoms with van der Waals surface area (Å²) in [4.78, 5) is 25.7. The van der Waals surface area contributed by atoms with Crippen LogP contribution in [0.2, 0.25) is 0 Å². The first-order valence-electron chi connectivity index (χ1n) is 9.20. The predicted molar refractivity (Wildman–Crippen MR) is 98.2 cm³/mol. The number of phenols is 1. The average molecular weight is 360 g/mol. The van der Waals surface area contributed by atoms with Crippen LogP contribution in [0, 0.1) is 19.3 Å². The molecule has 0 radical (unpaired) electrons. The lowest BCUT2D eigenvalue weighted by Gasteiger charge is -2.30. The smallest absolute Gasteiger partial charge is 0.320 e. The third kappa shape index (κ3) is 3.18. The Bertz CT molecular complexity index is 757. The Kier molecular flexibility index (Phi) is 4.73. The van der Waals surface area contributed by atoms with E-state index in [9.17, 15) is 19.8 Å². The second kappa shape index (κ2) is 6.58. The van der Waals surface area contributed by atoms with Gasteiger partial charge in [-0.2, -0.15) is 0 Å². The first-order chi connectivity index (χ1) is 12.1. The molecule has 0 saturated carbocycles. The van der Waals surface area contributed by atoms with Crippen molar-refractivity contribution in [1.29, 1.82) is 0 Å². The summed E-state index contributed by atoms with van der Waals surface area (Å²) in [7, 11) is 0. The van der Waals surface area contributed by atoms with Crippen LogP contribution in [0.3, 0.4) is 0 Å². The maximum absolute atomic E-state index is 12.7. The number of hydrogen-bond donors (Lipinski definition) is 3. The zero-order chi connectivity index (χ0) is 19.2. The highest BCUT2D eigenvalue weighted by Crippen LogP contribution is 2.50. The Morgan fingerprint density at radius 3 is 2.65 bits per heavy atom. The van der Waals surface area contributed by atoms with E-state index in [1.807, 2.05) is 19.9 Å². The number of carbonyl (C=O) groups excluding carboxylic acids is 1. The first-order valence-corrected chi connectivity index (χ1v) is 9.20. The Hall–Kier alpha value is -2.08. The van der Waals surface area contributed by atoms with E-state index in [0.717, 1.165) is 35.1 Å². The Morgan fingerprint density at radius 1 is 1.31 bits per heavy atom. The number of rotatable bonds is 4. The quantitative estimate of drug-likeness (QED) is 0.767. The summed E-state index contributed by atoms with van der Waals surface area (Å²) in [6.07, 6.45) is 2.16. The zero-order valence-electron chi connectivity index (χ0n) is 15.9. The molecule has 0 bridgehead atoms. The van der Waals surface area contributed by atoms with Gasteiger partial charge in [0.05, 0.1) is 12.6 Å². The summed E-state index contributed by atoms with van der Waals surface area (Å²) in [5.74, 6) is -0.806. The number of benzene rings is 1. The van der Waals surface area contributed by atoms with Gasteiger partial charge in [0.25, 0.3) is 0 Å². The molecular weight excluding hydrogens is 332 g/mol. The summed E-state index contributed by atoms with van der Waals surface area (Å²) < 4.78 is 0. The number of phenolic OH excluding ortho intramolecular Hbond substituents is 1. The fourth-order valence-corrected chi connectivity index (χ4v) is 4.50. The van der Waals surface area contributed by atoms with Gasteiger partial charge in [-0.1, -0.05) is 19.9 Å². The number of nitrogens with one attached hydrogen (secondary N) is 1. The van der Waals surface area contributed by atoms with Crippen molar-refractivity contribution in [2.24, 2.45) is 5.41 Å². The molecule has 142 valence electrons. The number of aryl methyl sites for hydroxylation is 2.